The standard InChI is InChI=1S/C20H19FN4O2S/c1-24-16(10-17(23-24)18-3-2-8-28-18)11-22-20(27)13-9-19(26)25(12-13)15-6-4-14(21)5-7-15/h2-8,10,13H,9,11-12H2,1H3,(H,22,27). The molecule has 144 valence electrons. The number of benzene rings is 1. The molecular formula is C20H19FN4O2S. The Balaban J connectivity index is 1.38. The lowest BCUT2D eigenvalue weighted by atomic mass is 10.1. The molecule has 1 fully saturated rings. The quantitative estimate of drug-likeness (QED) is 0.719. The summed E-state index contributed by atoms with van der Waals surface area (Å²) in [5.74, 6) is -1.09. The van der Waals surface area contributed by atoms with Gasteiger partial charge < -0.3 is 10.2 Å². The third kappa shape index (κ3) is 3.68. The molecule has 1 aliphatic rings. The number of carbonyl (C=O) groups excluding carboxylic acids is 2. The van der Waals surface area contributed by atoms with Crippen LogP contribution >= 0.6 is 11.3 Å². The fourth-order valence-corrected chi connectivity index (χ4v) is 3.97. The van der Waals surface area contributed by atoms with E-state index in [1.807, 2.05) is 30.6 Å². The van der Waals surface area contributed by atoms with E-state index in [0.29, 0.717) is 18.8 Å². The molecule has 0 saturated carbocycles. The SMILES string of the molecule is Cn1nc(-c2cccs2)cc1CNC(=O)C1CC(=O)N(c2ccc(F)cc2)C1. The monoisotopic (exact) mass is 398 g/mol. The highest BCUT2D eigenvalue weighted by Crippen LogP contribution is 2.26. The zero-order valence-electron chi connectivity index (χ0n) is 15.3. The number of anilines is 1. The van der Waals surface area contributed by atoms with Crippen molar-refractivity contribution in [3.05, 3.63) is 59.4 Å². The number of rotatable bonds is 5. The maximum absolute atomic E-state index is 13.1. The number of hydrogen-bond donors (Lipinski definition) is 1. The van der Waals surface area contributed by atoms with E-state index in [2.05, 4.69) is 10.4 Å². The van der Waals surface area contributed by atoms with Gasteiger partial charge in [-0.15, -0.1) is 11.3 Å². The Morgan fingerprint density at radius 3 is 2.82 bits per heavy atom. The molecule has 6 nitrogen and oxygen atoms in total. The smallest absolute Gasteiger partial charge is 0.227 e. The minimum atomic E-state index is -0.428. The lowest BCUT2D eigenvalue weighted by Crippen LogP contribution is -2.33. The highest BCUT2D eigenvalue weighted by Gasteiger charge is 2.35. The third-order valence-corrected chi connectivity index (χ3v) is 5.72. The molecule has 1 aromatic carbocycles. The van der Waals surface area contributed by atoms with Crippen molar-refractivity contribution in [3.63, 3.8) is 0 Å². The summed E-state index contributed by atoms with van der Waals surface area (Å²) in [6, 6.07) is 11.7. The topological polar surface area (TPSA) is 67.2 Å². The van der Waals surface area contributed by atoms with Crippen molar-refractivity contribution >= 4 is 28.8 Å². The lowest BCUT2D eigenvalue weighted by molar-refractivity contribution is -0.126. The molecule has 28 heavy (non-hydrogen) atoms. The molecule has 8 heteroatoms. The summed E-state index contributed by atoms with van der Waals surface area (Å²) in [7, 11) is 1.84. The van der Waals surface area contributed by atoms with Gasteiger partial charge >= 0.3 is 0 Å². The Kier molecular flexibility index (Phi) is 4.95. The van der Waals surface area contributed by atoms with Gasteiger partial charge in [-0.25, -0.2) is 4.39 Å². The van der Waals surface area contributed by atoms with Crippen LogP contribution in [0.5, 0.6) is 0 Å². The molecule has 1 atom stereocenters. The van der Waals surface area contributed by atoms with E-state index in [9.17, 15) is 14.0 Å². The van der Waals surface area contributed by atoms with Gasteiger partial charge in [-0.1, -0.05) is 6.07 Å². The number of thiophene rings is 1. The summed E-state index contributed by atoms with van der Waals surface area (Å²) >= 11 is 1.61. The van der Waals surface area contributed by atoms with Crippen molar-refractivity contribution in [2.45, 2.75) is 13.0 Å². The fourth-order valence-electron chi connectivity index (χ4n) is 3.29. The van der Waals surface area contributed by atoms with Gasteiger partial charge in [0.1, 0.15) is 11.5 Å². The molecule has 3 aromatic rings. The molecule has 0 aliphatic carbocycles. The van der Waals surface area contributed by atoms with Gasteiger partial charge in [0.25, 0.3) is 0 Å². The van der Waals surface area contributed by atoms with Crippen LogP contribution in [0, 0.1) is 11.7 Å². The average Bonchev–Trinajstić information content (AvgIpc) is 3.41. The molecule has 4 rings (SSSR count). The van der Waals surface area contributed by atoms with Crippen molar-refractivity contribution in [2.75, 3.05) is 11.4 Å². The van der Waals surface area contributed by atoms with Crippen molar-refractivity contribution in [1.29, 1.82) is 0 Å². The van der Waals surface area contributed by atoms with Gasteiger partial charge in [0.2, 0.25) is 11.8 Å². The normalized spacial score (nSPS) is 16.6. The van der Waals surface area contributed by atoms with E-state index in [4.69, 9.17) is 0 Å². The number of aryl methyl sites for hydroxylation is 1. The number of aromatic nitrogens is 2. The summed E-state index contributed by atoms with van der Waals surface area (Å²) in [4.78, 5) is 27.4. The summed E-state index contributed by atoms with van der Waals surface area (Å²) in [5, 5.41) is 9.38. The number of carbonyl (C=O) groups is 2. The number of nitrogens with one attached hydrogen (secondary N) is 1. The second kappa shape index (κ2) is 7.55. The Morgan fingerprint density at radius 2 is 2.11 bits per heavy atom. The van der Waals surface area contributed by atoms with E-state index in [-0.39, 0.29) is 24.1 Å². The van der Waals surface area contributed by atoms with Crippen LogP contribution in [0.1, 0.15) is 12.1 Å². The zero-order valence-corrected chi connectivity index (χ0v) is 16.1. The van der Waals surface area contributed by atoms with E-state index in [1.54, 1.807) is 28.2 Å². The zero-order chi connectivity index (χ0) is 19.7. The van der Waals surface area contributed by atoms with Gasteiger partial charge in [0.05, 0.1) is 23.0 Å². The minimum absolute atomic E-state index is 0.132. The van der Waals surface area contributed by atoms with E-state index < -0.39 is 5.92 Å². The first-order valence-corrected chi connectivity index (χ1v) is 9.79. The molecule has 0 radical (unpaired) electrons. The van der Waals surface area contributed by atoms with Crippen LogP contribution in [0.4, 0.5) is 10.1 Å². The van der Waals surface area contributed by atoms with Crippen LogP contribution in [0.2, 0.25) is 0 Å². The number of nitrogens with zero attached hydrogens (tertiary/aromatic N) is 3. The van der Waals surface area contributed by atoms with Gasteiger partial charge in [-0.3, -0.25) is 14.3 Å². The Morgan fingerprint density at radius 1 is 1.32 bits per heavy atom. The van der Waals surface area contributed by atoms with E-state index in [0.717, 1.165) is 16.3 Å². The molecule has 1 aliphatic heterocycles. The number of hydrogen-bond acceptors (Lipinski definition) is 4. The lowest BCUT2D eigenvalue weighted by Gasteiger charge is -2.16. The van der Waals surface area contributed by atoms with Crippen molar-refractivity contribution in [1.82, 2.24) is 15.1 Å². The first-order valence-electron chi connectivity index (χ1n) is 8.91. The molecule has 3 heterocycles. The van der Waals surface area contributed by atoms with Gasteiger partial charge in [-0.2, -0.15) is 5.10 Å². The Labute approximate surface area is 165 Å². The molecule has 1 unspecified atom stereocenters. The van der Waals surface area contributed by atoms with Gasteiger partial charge in [0, 0.05) is 25.7 Å². The maximum atomic E-state index is 13.1. The third-order valence-electron chi connectivity index (χ3n) is 4.83. The second-order valence-electron chi connectivity index (χ2n) is 6.72. The summed E-state index contributed by atoms with van der Waals surface area (Å²) in [5.41, 5.74) is 2.37. The highest BCUT2D eigenvalue weighted by atomic mass is 32.1. The molecule has 0 spiro atoms. The van der Waals surface area contributed by atoms with Crippen LogP contribution in [0.3, 0.4) is 0 Å². The molecule has 0 bridgehead atoms. The predicted molar refractivity (Wildman–Crippen MR) is 105 cm³/mol. The molecule has 1 N–H and O–H groups in total. The van der Waals surface area contributed by atoms with Crippen LogP contribution < -0.4 is 10.2 Å². The van der Waals surface area contributed by atoms with Gasteiger partial charge in [-0.05, 0) is 41.8 Å². The van der Waals surface area contributed by atoms with Crippen molar-refractivity contribution in [2.24, 2.45) is 13.0 Å². The Hall–Kier alpha value is -3.00. The summed E-state index contributed by atoms with van der Waals surface area (Å²) in [6.07, 6.45) is 0.148. The average molecular weight is 398 g/mol. The highest BCUT2D eigenvalue weighted by molar-refractivity contribution is 7.13. The molecule has 2 aromatic heterocycles. The van der Waals surface area contributed by atoms with E-state index in [1.165, 1.54) is 17.0 Å². The predicted octanol–water partition coefficient (Wildman–Crippen LogP) is 2.96. The minimum Gasteiger partial charge on any atom is -0.350 e. The fraction of sp³-hybridized carbons (Fsp3) is 0.250. The largest absolute Gasteiger partial charge is 0.350 e. The maximum Gasteiger partial charge on any atom is 0.227 e. The van der Waals surface area contributed by atoms with Crippen LogP contribution in [0.15, 0.2) is 47.8 Å². The summed E-state index contributed by atoms with van der Waals surface area (Å²) in [6.45, 7) is 0.636. The van der Waals surface area contributed by atoms with E-state index >= 15 is 0 Å². The Bertz CT molecular complexity index is 998. The summed E-state index contributed by atoms with van der Waals surface area (Å²) < 4.78 is 14.8. The van der Waals surface area contributed by atoms with Gasteiger partial charge in [0.15, 0.2) is 0 Å². The first-order chi connectivity index (χ1) is 13.5. The number of halogens is 1. The van der Waals surface area contributed by atoms with Crippen LogP contribution in [0.25, 0.3) is 10.6 Å². The van der Waals surface area contributed by atoms with Crippen LogP contribution in [-0.2, 0) is 23.2 Å². The number of amides is 2. The molecular weight excluding hydrogens is 379 g/mol. The molecule has 1 saturated heterocycles. The van der Waals surface area contributed by atoms with Crippen molar-refractivity contribution < 1.29 is 14.0 Å². The van der Waals surface area contributed by atoms with Crippen LogP contribution in [-0.4, -0.2) is 28.1 Å². The van der Waals surface area contributed by atoms with Crippen molar-refractivity contribution in [3.8, 4) is 10.6 Å². The first kappa shape index (κ1) is 18.4. The molecule has 2 amide bonds. The second-order valence-corrected chi connectivity index (χ2v) is 7.67.